The number of carbonyl (C=O) groups is 2. The molecule has 33 heavy (non-hydrogen) atoms. The number of nitrogens with one attached hydrogen (secondary N) is 1. The van der Waals surface area contributed by atoms with Gasteiger partial charge in [0.2, 0.25) is 5.91 Å². The predicted octanol–water partition coefficient (Wildman–Crippen LogP) is 3.99. The van der Waals surface area contributed by atoms with E-state index in [1.807, 2.05) is 6.92 Å². The van der Waals surface area contributed by atoms with E-state index >= 15 is 0 Å². The van der Waals surface area contributed by atoms with Crippen molar-refractivity contribution in [3.63, 3.8) is 0 Å². The molecule has 1 heterocycles. The summed E-state index contributed by atoms with van der Waals surface area (Å²) >= 11 is 7.24. The van der Waals surface area contributed by atoms with Crippen LogP contribution in [0.1, 0.15) is 23.7 Å². The van der Waals surface area contributed by atoms with Crippen LogP contribution in [-0.2, 0) is 20.8 Å². The molecule has 0 aliphatic rings. The first kappa shape index (κ1) is 24.8. The zero-order chi connectivity index (χ0) is 23.8. The highest BCUT2D eigenvalue weighted by atomic mass is 35.5. The Balaban J connectivity index is 1.75. The summed E-state index contributed by atoms with van der Waals surface area (Å²) in [6.07, 6.45) is 0.640. The molecule has 0 spiro atoms. The molecule has 8 nitrogen and oxygen atoms in total. The quantitative estimate of drug-likeness (QED) is 0.199. The number of hydrogen-bond acceptors (Lipinski definition) is 7. The number of fused-ring (bicyclic) bond motifs is 1. The molecular weight excluding hydrogens is 466 g/mol. The number of anilines is 1. The molecule has 1 amide bonds. The van der Waals surface area contributed by atoms with E-state index < -0.39 is 5.97 Å². The van der Waals surface area contributed by atoms with Gasteiger partial charge in [0.25, 0.3) is 5.56 Å². The monoisotopic (exact) mass is 489 g/mol. The normalized spacial score (nSPS) is 10.9. The van der Waals surface area contributed by atoms with Gasteiger partial charge in [-0.15, -0.1) is 0 Å². The van der Waals surface area contributed by atoms with Crippen molar-refractivity contribution in [2.24, 2.45) is 0 Å². The van der Waals surface area contributed by atoms with Crippen molar-refractivity contribution >= 4 is 51.8 Å². The first-order chi connectivity index (χ1) is 15.9. The number of carbonyl (C=O) groups excluding carboxylic acids is 2. The minimum atomic E-state index is -0.451. The van der Waals surface area contributed by atoms with Crippen LogP contribution in [0.5, 0.6) is 0 Å². The Labute approximate surface area is 200 Å². The molecule has 0 fully saturated rings. The highest BCUT2D eigenvalue weighted by molar-refractivity contribution is 7.99. The summed E-state index contributed by atoms with van der Waals surface area (Å²) in [7, 11) is 1.31. The predicted molar refractivity (Wildman–Crippen MR) is 129 cm³/mol. The zero-order valence-electron chi connectivity index (χ0n) is 18.3. The molecule has 0 atom stereocenters. The third-order valence-corrected chi connectivity index (χ3v) is 5.89. The number of thioether (sulfide) groups is 1. The average Bonchev–Trinajstić information content (AvgIpc) is 2.81. The molecule has 3 aromatic rings. The summed E-state index contributed by atoms with van der Waals surface area (Å²) < 4.78 is 11.6. The van der Waals surface area contributed by atoms with Crippen LogP contribution in [0.4, 0.5) is 5.69 Å². The Morgan fingerprint density at radius 1 is 1.18 bits per heavy atom. The molecule has 2 aromatic carbocycles. The Kier molecular flexibility index (Phi) is 8.87. The van der Waals surface area contributed by atoms with Crippen molar-refractivity contribution in [3.8, 4) is 0 Å². The number of benzene rings is 2. The average molecular weight is 490 g/mol. The van der Waals surface area contributed by atoms with Gasteiger partial charge in [-0.25, -0.2) is 9.78 Å². The molecule has 0 saturated heterocycles. The minimum absolute atomic E-state index is 0.0444. The first-order valence-corrected chi connectivity index (χ1v) is 11.7. The van der Waals surface area contributed by atoms with Crippen LogP contribution < -0.4 is 10.9 Å². The lowest BCUT2D eigenvalue weighted by Gasteiger charge is -2.13. The highest BCUT2D eigenvalue weighted by Crippen LogP contribution is 2.21. The largest absolute Gasteiger partial charge is 0.465 e. The second-order valence-electron chi connectivity index (χ2n) is 6.97. The van der Waals surface area contributed by atoms with E-state index in [0.29, 0.717) is 58.5 Å². The second-order valence-corrected chi connectivity index (χ2v) is 8.35. The number of ether oxygens (including phenoxy) is 2. The Bertz CT molecular complexity index is 1200. The van der Waals surface area contributed by atoms with Gasteiger partial charge in [0.15, 0.2) is 5.16 Å². The standard InChI is InChI=1S/C23H24ClN3O5S/c1-3-32-12-4-11-27-21(29)18-10-7-16(24)13-19(18)26-23(27)33-14-20(28)25-17-8-5-15(6-9-17)22(30)31-2/h5-10,13H,3-4,11-12,14H2,1-2H3,(H,25,28). The van der Waals surface area contributed by atoms with Crippen molar-refractivity contribution in [1.29, 1.82) is 0 Å². The van der Waals surface area contributed by atoms with E-state index in [-0.39, 0.29) is 17.2 Å². The van der Waals surface area contributed by atoms with Gasteiger partial charge in [0.05, 0.1) is 29.3 Å². The number of hydrogen-bond donors (Lipinski definition) is 1. The number of amides is 1. The summed E-state index contributed by atoms with van der Waals surface area (Å²) in [6.45, 7) is 3.46. The number of nitrogens with zero attached hydrogens (tertiary/aromatic N) is 2. The van der Waals surface area contributed by atoms with E-state index in [9.17, 15) is 14.4 Å². The van der Waals surface area contributed by atoms with Crippen LogP contribution in [0.3, 0.4) is 0 Å². The molecule has 174 valence electrons. The highest BCUT2D eigenvalue weighted by Gasteiger charge is 2.14. The van der Waals surface area contributed by atoms with E-state index in [2.05, 4.69) is 15.0 Å². The second kappa shape index (κ2) is 11.8. The van der Waals surface area contributed by atoms with Crippen molar-refractivity contribution in [2.45, 2.75) is 25.0 Å². The summed E-state index contributed by atoms with van der Waals surface area (Å²) in [6, 6.07) is 11.3. The Morgan fingerprint density at radius 3 is 2.64 bits per heavy atom. The van der Waals surface area contributed by atoms with Gasteiger partial charge < -0.3 is 14.8 Å². The molecule has 0 saturated carbocycles. The maximum atomic E-state index is 13.1. The molecular formula is C23H24ClN3O5S. The van der Waals surface area contributed by atoms with Gasteiger partial charge in [-0.1, -0.05) is 23.4 Å². The fourth-order valence-corrected chi connectivity index (χ4v) is 4.08. The number of esters is 1. The van der Waals surface area contributed by atoms with Crippen LogP contribution in [0.15, 0.2) is 52.4 Å². The summed E-state index contributed by atoms with van der Waals surface area (Å²) in [5.41, 5.74) is 1.23. The lowest BCUT2D eigenvalue weighted by atomic mass is 10.2. The third-order valence-electron chi connectivity index (χ3n) is 4.68. The van der Waals surface area contributed by atoms with Crippen molar-refractivity contribution in [3.05, 3.63) is 63.4 Å². The molecule has 0 aliphatic carbocycles. The fourth-order valence-electron chi connectivity index (χ4n) is 3.08. The van der Waals surface area contributed by atoms with Gasteiger partial charge in [0, 0.05) is 30.5 Å². The summed E-state index contributed by atoms with van der Waals surface area (Å²) in [5.74, 6) is -0.678. The van der Waals surface area contributed by atoms with Crippen LogP contribution in [0.25, 0.3) is 10.9 Å². The van der Waals surface area contributed by atoms with Crippen molar-refractivity contribution < 1.29 is 19.1 Å². The van der Waals surface area contributed by atoms with E-state index in [1.54, 1.807) is 47.0 Å². The number of methoxy groups -OCH3 is 1. The molecule has 0 unspecified atom stereocenters. The van der Waals surface area contributed by atoms with Crippen LogP contribution >= 0.6 is 23.4 Å². The molecule has 3 rings (SSSR count). The fraction of sp³-hybridized carbons (Fsp3) is 0.304. The topological polar surface area (TPSA) is 99.5 Å². The lowest BCUT2D eigenvalue weighted by Crippen LogP contribution is -2.25. The van der Waals surface area contributed by atoms with Crippen LogP contribution in [0, 0.1) is 0 Å². The Morgan fingerprint density at radius 2 is 1.94 bits per heavy atom. The zero-order valence-corrected chi connectivity index (χ0v) is 19.9. The lowest BCUT2D eigenvalue weighted by molar-refractivity contribution is -0.113. The van der Waals surface area contributed by atoms with Crippen LogP contribution in [0.2, 0.25) is 5.02 Å². The van der Waals surface area contributed by atoms with Crippen LogP contribution in [-0.4, -0.2) is 47.5 Å². The summed E-state index contributed by atoms with van der Waals surface area (Å²) in [5, 5.41) is 4.15. The van der Waals surface area contributed by atoms with E-state index in [4.69, 9.17) is 16.3 Å². The van der Waals surface area contributed by atoms with Gasteiger partial charge in [0.1, 0.15) is 0 Å². The maximum Gasteiger partial charge on any atom is 0.337 e. The van der Waals surface area contributed by atoms with Crippen molar-refractivity contribution in [1.82, 2.24) is 9.55 Å². The number of rotatable bonds is 10. The SMILES string of the molecule is CCOCCCn1c(SCC(=O)Nc2ccc(C(=O)OC)cc2)nc2cc(Cl)ccc2c1=O. The molecule has 0 aliphatic heterocycles. The van der Waals surface area contributed by atoms with E-state index in [1.165, 1.54) is 18.9 Å². The molecule has 0 radical (unpaired) electrons. The Hall–Kier alpha value is -2.88. The van der Waals surface area contributed by atoms with Gasteiger partial charge in [-0.3, -0.25) is 14.2 Å². The maximum absolute atomic E-state index is 13.1. The number of aromatic nitrogens is 2. The van der Waals surface area contributed by atoms with Gasteiger partial charge >= 0.3 is 5.97 Å². The third kappa shape index (κ3) is 6.56. The van der Waals surface area contributed by atoms with Gasteiger partial charge in [-0.05, 0) is 55.8 Å². The molecule has 0 bridgehead atoms. The molecule has 1 N–H and O–H groups in total. The summed E-state index contributed by atoms with van der Waals surface area (Å²) in [4.78, 5) is 41.7. The molecule has 1 aromatic heterocycles. The first-order valence-electron chi connectivity index (χ1n) is 10.3. The van der Waals surface area contributed by atoms with Gasteiger partial charge in [-0.2, -0.15) is 0 Å². The smallest absolute Gasteiger partial charge is 0.337 e. The van der Waals surface area contributed by atoms with E-state index in [0.717, 1.165) is 0 Å². The number of halogens is 1. The van der Waals surface area contributed by atoms with Crippen molar-refractivity contribution in [2.75, 3.05) is 31.4 Å². The molecule has 10 heteroatoms. The minimum Gasteiger partial charge on any atom is -0.465 e.